The van der Waals surface area contributed by atoms with Crippen LogP contribution < -0.4 is 0 Å². The first-order valence-corrected chi connectivity index (χ1v) is 6.29. The molecule has 1 N–H and O–H groups in total. The number of morpholine rings is 1. The zero-order valence-corrected chi connectivity index (χ0v) is 11.0. The van der Waals surface area contributed by atoms with Gasteiger partial charge in [0.1, 0.15) is 6.10 Å². The minimum Gasteiger partial charge on any atom is -0.465 e. The summed E-state index contributed by atoms with van der Waals surface area (Å²) in [7, 11) is 0. The van der Waals surface area contributed by atoms with E-state index in [-0.39, 0.29) is 12.6 Å². The average molecular weight is 280 g/mol. The van der Waals surface area contributed by atoms with Gasteiger partial charge in [-0.05, 0) is 24.1 Å². The summed E-state index contributed by atoms with van der Waals surface area (Å²) >= 11 is 5.82. The van der Waals surface area contributed by atoms with E-state index in [2.05, 4.69) is 5.92 Å². The molecule has 0 saturated carbocycles. The normalized spacial score (nSPS) is 22.8. The van der Waals surface area contributed by atoms with Crippen LogP contribution in [0.25, 0.3) is 0 Å². The Kier molecular flexibility index (Phi) is 4.31. The third-order valence-electron chi connectivity index (χ3n) is 3.11. The van der Waals surface area contributed by atoms with Crippen LogP contribution in [-0.2, 0) is 11.2 Å². The molecule has 2 rings (SSSR count). The molecule has 1 aromatic rings. The van der Waals surface area contributed by atoms with Crippen LogP contribution >= 0.6 is 11.6 Å². The van der Waals surface area contributed by atoms with Gasteiger partial charge in [0.05, 0.1) is 19.2 Å². The summed E-state index contributed by atoms with van der Waals surface area (Å²) in [6.45, 7) is 0.522. The Hall–Kier alpha value is -1.70. The highest BCUT2D eigenvalue weighted by atomic mass is 35.5. The third kappa shape index (κ3) is 3.40. The van der Waals surface area contributed by atoms with Crippen molar-refractivity contribution in [1.29, 1.82) is 0 Å². The fraction of sp³-hybridized carbons (Fsp3) is 0.357. The zero-order valence-electron chi connectivity index (χ0n) is 10.3. The molecule has 1 aromatic carbocycles. The van der Waals surface area contributed by atoms with Crippen LogP contribution in [-0.4, -0.2) is 41.4 Å². The summed E-state index contributed by atoms with van der Waals surface area (Å²) < 4.78 is 5.45. The van der Waals surface area contributed by atoms with Crippen molar-refractivity contribution in [2.24, 2.45) is 0 Å². The van der Waals surface area contributed by atoms with Crippen molar-refractivity contribution in [2.75, 3.05) is 13.2 Å². The fourth-order valence-corrected chi connectivity index (χ4v) is 2.22. The van der Waals surface area contributed by atoms with E-state index < -0.39 is 12.2 Å². The van der Waals surface area contributed by atoms with Crippen molar-refractivity contribution in [1.82, 2.24) is 4.90 Å². The van der Waals surface area contributed by atoms with Gasteiger partial charge in [-0.15, -0.1) is 6.42 Å². The maximum absolute atomic E-state index is 11.3. The van der Waals surface area contributed by atoms with Gasteiger partial charge in [-0.25, -0.2) is 4.79 Å². The molecule has 0 aliphatic carbocycles. The highest BCUT2D eigenvalue weighted by Gasteiger charge is 2.31. The molecule has 1 fully saturated rings. The van der Waals surface area contributed by atoms with E-state index in [1.165, 1.54) is 4.90 Å². The van der Waals surface area contributed by atoms with E-state index in [9.17, 15) is 9.90 Å². The van der Waals surface area contributed by atoms with Gasteiger partial charge in [-0.2, -0.15) is 0 Å². The molecule has 1 amide bonds. The monoisotopic (exact) mass is 279 g/mol. The molecule has 1 aliphatic heterocycles. The summed E-state index contributed by atoms with van der Waals surface area (Å²) in [5, 5.41) is 9.88. The first-order valence-electron chi connectivity index (χ1n) is 5.92. The first kappa shape index (κ1) is 13.7. The Morgan fingerprint density at radius 3 is 2.79 bits per heavy atom. The smallest absolute Gasteiger partial charge is 0.407 e. The number of amides is 1. The lowest BCUT2D eigenvalue weighted by atomic mass is 10.0. The number of halogens is 1. The van der Waals surface area contributed by atoms with Gasteiger partial charge < -0.3 is 9.84 Å². The highest BCUT2D eigenvalue weighted by Crippen LogP contribution is 2.18. The highest BCUT2D eigenvalue weighted by molar-refractivity contribution is 6.30. The van der Waals surface area contributed by atoms with Crippen molar-refractivity contribution in [3.8, 4) is 12.3 Å². The fourth-order valence-electron chi connectivity index (χ4n) is 2.09. The lowest BCUT2D eigenvalue weighted by molar-refractivity contribution is -0.0287. The van der Waals surface area contributed by atoms with E-state index in [4.69, 9.17) is 22.8 Å². The van der Waals surface area contributed by atoms with Crippen LogP contribution in [0.4, 0.5) is 4.79 Å². The second kappa shape index (κ2) is 5.96. The van der Waals surface area contributed by atoms with Gasteiger partial charge in [0.15, 0.2) is 0 Å². The van der Waals surface area contributed by atoms with Crippen molar-refractivity contribution in [3.63, 3.8) is 0 Å². The van der Waals surface area contributed by atoms with E-state index in [1.807, 2.05) is 12.1 Å². The largest absolute Gasteiger partial charge is 0.465 e. The maximum Gasteiger partial charge on any atom is 0.407 e. The first-order chi connectivity index (χ1) is 9.10. The average Bonchev–Trinajstić information content (AvgIpc) is 2.41. The number of nitrogens with zero attached hydrogens (tertiary/aromatic N) is 1. The summed E-state index contributed by atoms with van der Waals surface area (Å²) in [4.78, 5) is 12.6. The van der Waals surface area contributed by atoms with Crippen molar-refractivity contribution in [3.05, 3.63) is 34.9 Å². The molecule has 0 radical (unpaired) electrons. The van der Waals surface area contributed by atoms with Gasteiger partial charge in [0, 0.05) is 5.02 Å². The van der Waals surface area contributed by atoms with Gasteiger partial charge in [-0.1, -0.05) is 29.7 Å². The number of hydrogen-bond acceptors (Lipinski definition) is 2. The van der Waals surface area contributed by atoms with E-state index >= 15 is 0 Å². The summed E-state index contributed by atoms with van der Waals surface area (Å²) in [5.41, 5.74) is 1.02. The Morgan fingerprint density at radius 1 is 1.53 bits per heavy atom. The van der Waals surface area contributed by atoms with Gasteiger partial charge in [0.2, 0.25) is 0 Å². The predicted molar refractivity (Wildman–Crippen MR) is 72.2 cm³/mol. The summed E-state index contributed by atoms with van der Waals surface area (Å²) in [5.74, 6) is 2.44. The van der Waals surface area contributed by atoms with Crippen LogP contribution in [0.5, 0.6) is 0 Å². The molecule has 2 atom stereocenters. The number of carboxylic acid groups (broad SMARTS) is 1. The quantitative estimate of drug-likeness (QED) is 0.845. The number of rotatable bonds is 2. The molecule has 0 aromatic heterocycles. The van der Waals surface area contributed by atoms with Gasteiger partial charge in [0.25, 0.3) is 0 Å². The summed E-state index contributed by atoms with van der Waals surface area (Å²) in [6, 6.07) is 7.13. The standard InChI is InChI=1S/C14H14ClNO3/c1-2-13-8-16(14(17)18)12(9-19-13)7-10-3-5-11(15)6-4-10/h1,3-6,12-13H,7-9H2,(H,17,18)/t12-,13-/m0/s1. The minimum atomic E-state index is -0.970. The molecule has 1 saturated heterocycles. The van der Waals surface area contributed by atoms with E-state index in [0.29, 0.717) is 18.1 Å². The Balaban J connectivity index is 2.08. The van der Waals surface area contributed by atoms with Crippen molar-refractivity contribution >= 4 is 17.7 Å². The molecule has 0 bridgehead atoms. The lowest BCUT2D eigenvalue weighted by Crippen LogP contribution is -2.52. The molecule has 19 heavy (non-hydrogen) atoms. The molecule has 5 heteroatoms. The molecule has 1 heterocycles. The molecule has 0 spiro atoms. The predicted octanol–water partition coefficient (Wildman–Crippen LogP) is 2.26. The van der Waals surface area contributed by atoms with Crippen LogP contribution in [0, 0.1) is 12.3 Å². The molecule has 4 nitrogen and oxygen atoms in total. The number of carbonyl (C=O) groups is 1. The molecular formula is C14H14ClNO3. The number of terminal acetylenes is 1. The second-order valence-corrected chi connectivity index (χ2v) is 4.84. The summed E-state index contributed by atoms with van der Waals surface area (Å²) in [6.07, 6.45) is 4.42. The topological polar surface area (TPSA) is 49.8 Å². The Labute approximate surface area is 116 Å². The maximum atomic E-state index is 11.3. The van der Waals surface area contributed by atoms with Crippen LogP contribution in [0.2, 0.25) is 5.02 Å². The SMILES string of the molecule is C#C[C@H]1CN(C(=O)O)[C@@H](Cc2ccc(Cl)cc2)CO1. The number of hydrogen-bond donors (Lipinski definition) is 1. The van der Waals surface area contributed by atoms with Crippen molar-refractivity contribution < 1.29 is 14.6 Å². The van der Waals surface area contributed by atoms with Crippen LogP contribution in [0.3, 0.4) is 0 Å². The molecule has 100 valence electrons. The molecular weight excluding hydrogens is 266 g/mol. The number of ether oxygens (including phenoxy) is 1. The zero-order chi connectivity index (χ0) is 13.8. The van der Waals surface area contributed by atoms with Gasteiger partial charge >= 0.3 is 6.09 Å². The minimum absolute atomic E-state index is 0.212. The lowest BCUT2D eigenvalue weighted by Gasteiger charge is -2.36. The Bertz CT molecular complexity index is 494. The van der Waals surface area contributed by atoms with E-state index in [1.54, 1.807) is 12.1 Å². The van der Waals surface area contributed by atoms with Gasteiger partial charge in [-0.3, -0.25) is 4.90 Å². The molecule has 0 unspecified atom stereocenters. The van der Waals surface area contributed by atoms with Crippen LogP contribution in [0.1, 0.15) is 5.56 Å². The number of benzene rings is 1. The second-order valence-electron chi connectivity index (χ2n) is 4.41. The van der Waals surface area contributed by atoms with E-state index in [0.717, 1.165) is 5.56 Å². The van der Waals surface area contributed by atoms with Crippen LogP contribution in [0.15, 0.2) is 24.3 Å². The molecule has 1 aliphatic rings. The Morgan fingerprint density at radius 2 is 2.21 bits per heavy atom. The third-order valence-corrected chi connectivity index (χ3v) is 3.36. The van der Waals surface area contributed by atoms with Crippen molar-refractivity contribution in [2.45, 2.75) is 18.6 Å².